The molecule has 30 heavy (non-hydrogen) atoms. The van der Waals surface area contributed by atoms with Crippen LogP contribution < -0.4 is 4.74 Å². The van der Waals surface area contributed by atoms with E-state index < -0.39 is 5.97 Å². The van der Waals surface area contributed by atoms with E-state index in [9.17, 15) is 4.79 Å². The van der Waals surface area contributed by atoms with Crippen molar-refractivity contribution in [3.63, 3.8) is 0 Å². The summed E-state index contributed by atoms with van der Waals surface area (Å²) >= 11 is 0. The topological polar surface area (TPSA) is 77.2 Å². The van der Waals surface area contributed by atoms with Gasteiger partial charge in [0.15, 0.2) is 0 Å². The molecule has 0 fully saturated rings. The summed E-state index contributed by atoms with van der Waals surface area (Å²) in [6.07, 6.45) is 6.08. The predicted molar refractivity (Wildman–Crippen MR) is 116 cm³/mol. The van der Waals surface area contributed by atoms with Crippen LogP contribution in [-0.2, 0) is 4.79 Å². The molecule has 0 radical (unpaired) electrons. The number of nitrogens with zero attached hydrogens (tertiary/aromatic N) is 3. The van der Waals surface area contributed by atoms with Crippen molar-refractivity contribution in [1.82, 2.24) is 14.5 Å². The van der Waals surface area contributed by atoms with Crippen LogP contribution in [0.1, 0.15) is 25.7 Å². The van der Waals surface area contributed by atoms with Crippen LogP contribution in [0.25, 0.3) is 28.1 Å². The number of hydrogen-bond acceptors (Lipinski definition) is 4. The molecule has 4 rings (SSSR count). The average Bonchev–Trinajstić information content (AvgIpc) is 3.16. The Morgan fingerprint density at radius 2 is 1.77 bits per heavy atom. The third-order valence-corrected chi connectivity index (χ3v) is 4.88. The van der Waals surface area contributed by atoms with Gasteiger partial charge in [0.2, 0.25) is 0 Å². The highest BCUT2D eigenvalue weighted by atomic mass is 16.5. The molecule has 0 aliphatic rings. The van der Waals surface area contributed by atoms with Crippen molar-refractivity contribution in [2.45, 2.75) is 25.7 Å². The molecule has 0 amide bonds. The molecular formula is C24H23N3O3. The molecular weight excluding hydrogens is 378 g/mol. The maximum Gasteiger partial charge on any atom is 0.303 e. The van der Waals surface area contributed by atoms with E-state index in [1.165, 1.54) is 0 Å². The number of ether oxygens (including phenoxy) is 1. The Morgan fingerprint density at radius 3 is 2.53 bits per heavy atom. The van der Waals surface area contributed by atoms with E-state index in [0.717, 1.165) is 46.7 Å². The molecule has 2 heterocycles. The Morgan fingerprint density at radius 1 is 0.967 bits per heavy atom. The zero-order valence-electron chi connectivity index (χ0n) is 16.6. The number of aliphatic carboxylic acids is 1. The quantitative estimate of drug-likeness (QED) is 0.394. The van der Waals surface area contributed by atoms with Crippen molar-refractivity contribution in [3.8, 4) is 22.8 Å². The number of fused-ring (bicyclic) bond motifs is 1. The number of hydrogen-bond donors (Lipinski definition) is 1. The average molecular weight is 401 g/mol. The first-order chi connectivity index (χ1) is 14.7. The lowest BCUT2D eigenvalue weighted by Gasteiger charge is -2.10. The van der Waals surface area contributed by atoms with E-state index >= 15 is 0 Å². The minimum Gasteiger partial charge on any atom is -0.494 e. The first-order valence-electron chi connectivity index (χ1n) is 10.1. The highest BCUT2D eigenvalue weighted by molar-refractivity contribution is 5.84. The minimum atomic E-state index is -0.750. The van der Waals surface area contributed by atoms with Crippen LogP contribution in [0.2, 0.25) is 0 Å². The summed E-state index contributed by atoms with van der Waals surface area (Å²) in [6, 6.07) is 19.9. The van der Waals surface area contributed by atoms with Crippen molar-refractivity contribution >= 4 is 17.0 Å². The summed E-state index contributed by atoms with van der Waals surface area (Å²) in [5, 5.41) is 8.71. The molecule has 1 N–H and O–H groups in total. The zero-order valence-corrected chi connectivity index (χ0v) is 16.6. The van der Waals surface area contributed by atoms with Gasteiger partial charge in [-0.25, -0.2) is 4.98 Å². The van der Waals surface area contributed by atoms with Crippen LogP contribution in [0.3, 0.4) is 0 Å². The molecule has 0 aliphatic heterocycles. The molecule has 0 bridgehead atoms. The normalized spacial score (nSPS) is 10.9. The summed E-state index contributed by atoms with van der Waals surface area (Å²) in [7, 11) is 0. The number of carbonyl (C=O) groups is 1. The maximum atomic E-state index is 10.6. The van der Waals surface area contributed by atoms with Crippen molar-refractivity contribution in [2.24, 2.45) is 0 Å². The van der Waals surface area contributed by atoms with Crippen LogP contribution in [0.5, 0.6) is 5.75 Å². The number of carboxylic acids is 1. The lowest BCUT2D eigenvalue weighted by molar-refractivity contribution is -0.137. The van der Waals surface area contributed by atoms with Crippen LogP contribution in [0.15, 0.2) is 73.1 Å². The predicted octanol–water partition coefficient (Wildman–Crippen LogP) is 5.11. The molecule has 2 aromatic heterocycles. The van der Waals surface area contributed by atoms with E-state index in [0.29, 0.717) is 13.0 Å². The second kappa shape index (κ2) is 9.22. The molecule has 4 aromatic rings. The molecule has 0 saturated heterocycles. The number of rotatable bonds is 9. The first kappa shape index (κ1) is 19.6. The van der Waals surface area contributed by atoms with Crippen LogP contribution in [0, 0.1) is 0 Å². The van der Waals surface area contributed by atoms with Crippen LogP contribution in [0.4, 0.5) is 0 Å². The van der Waals surface area contributed by atoms with Gasteiger partial charge in [0.1, 0.15) is 11.6 Å². The van der Waals surface area contributed by atoms with E-state index in [1.54, 1.807) is 12.4 Å². The monoisotopic (exact) mass is 401 g/mol. The van der Waals surface area contributed by atoms with E-state index in [2.05, 4.69) is 9.55 Å². The number of unbranched alkanes of at least 4 members (excludes halogenated alkanes) is 2. The number of imidazole rings is 1. The Balaban J connectivity index is 1.62. The molecule has 6 heteroatoms. The molecule has 0 atom stereocenters. The van der Waals surface area contributed by atoms with Gasteiger partial charge in [0, 0.05) is 30.4 Å². The van der Waals surface area contributed by atoms with Gasteiger partial charge in [-0.1, -0.05) is 30.3 Å². The summed E-state index contributed by atoms with van der Waals surface area (Å²) in [5.74, 6) is 0.887. The fourth-order valence-corrected chi connectivity index (χ4v) is 3.43. The Hall–Kier alpha value is -3.67. The van der Waals surface area contributed by atoms with Gasteiger partial charge in [-0.05, 0) is 43.5 Å². The molecule has 0 saturated carbocycles. The van der Waals surface area contributed by atoms with Crippen molar-refractivity contribution in [3.05, 3.63) is 73.1 Å². The van der Waals surface area contributed by atoms with Gasteiger partial charge in [-0.3, -0.25) is 14.3 Å². The van der Waals surface area contributed by atoms with Crippen molar-refractivity contribution < 1.29 is 14.6 Å². The SMILES string of the molecule is O=C(O)CCCCCOc1ccc2nc(-c3ccccc3)n(-c3ccncc3)c2c1. The van der Waals surface area contributed by atoms with Crippen LogP contribution >= 0.6 is 0 Å². The number of pyridine rings is 1. The highest BCUT2D eigenvalue weighted by Crippen LogP contribution is 2.30. The minimum absolute atomic E-state index is 0.208. The largest absolute Gasteiger partial charge is 0.494 e. The molecule has 6 nitrogen and oxygen atoms in total. The van der Waals surface area contributed by atoms with Gasteiger partial charge in [-0.15, -0.1) is 0 Å². The smallest absolute Gasteiger partial charge is 0.303 e. The van der Waals surface area contributed by atoms with Crippen molar-refractivity contribution in [2.75, 3.05) is 6.61 Å². The fraction of sp³-hybridized carbons (Fsp3) is 0.208. The number of aromatic nitrogens is 3. The fourth-order valence-electron chi connectivity index (χ4n) is 3.43. The number of benzene rings is 2. The Kier molecular flexibility index (Phi) is 6.03. The van der Waals surface area contributed by atoms with E-state index in [4.69, 9.17) is 14.8 Å². The third kappa shape index (κ3) is 4.49. The summed E-state index contributed by atoms with van der Waals surface area (Å²) < 4.78 is 8.04. The second-order valence-corrected chi connectivity index (χ2v) is 7.05. The molecule has 0 unspecified atom stereocenters. The van der Waals surface area contributed by atoms with Gasteiger partial charge in [0.25, 0.3) is 0 Å². The molecule has 2 aromatic carbocycles. The Labute approximate surface area is 174 Å². The van der Waals surface area contributed by atoms with Gasteiger partial charge in [-0.2, -0.15) is 0 Å². The first-order valence-corrected chi connectivity index (χ1v) is 10.1. The number of carboxylic acid groups (broad SMARTS) is 1. The third-order valence-electron chi connectivity index (χ3n) is 4.88. The van der Waals surface area contributed by atoms with Gasteiger partial charge >= 0.3 is 5.97 Å². The lowest BCUT2D eigenvalue weighted by atomic mass is 10.2. The molecule has 0 spiro atoms. The Bertz CT molecular complexity index is 1120. The van der Waals surface area contributed by atoms with E-state index in [1.807, 2.05) is 60.7 Å². The molecule has 0 aliphatic carbocycles. The summed E-state index contributed by atoms with van der Waals surface area (Å²) in [6.45, 7) is 0.556. The van der Waals surface area contributed by atoms with Crippen LogP contribution in [-0.4, -0.2) is 32.2 Å². The maximum absolute atomic E-state index is 10.6. The zero-order chi connectivity index (χ0) is 20.8. The molecule has 152 valence electrons. The van der Waals surface area contributed by atoms with Gasteiger partial charge in [0.05, 0.1) is 23.3 Å². The second-order valence-electron chi connectivity index (χ2n) is 7.05. The van der Waals surface area contributed by atoms with Gasteiger partial charge < -0.3 is 9.84 Å². The standard InChI is InChI=1S/C24H23N3O3/c28-23(29)9-5-2-6-16-30-20-10-11-21-22(17-20)27(19-12-14-25-15-13-19)24(26-21)18-7-3-1-4-8-18/h1,3-4,7-8,10-15,17H,2,5-6,9,16H2,(H,28,29). The summed E-state index contributed by atoms with van der Waals surface area (Å²) in [4.78, 5) is 19.6. The highest BCUT2D eigenvalue weighted by Gasteiger charge is 2.15. The summed E-state index contributed by atoms with van der Waals surface area (Å²) in [5.41, 5.74) is 3.87. The van der Waals surface area contributed by atoms with Crippen molar-refractivity contribution in [1.29, 1.82) is 0 Å². The lowest BCUT2D eigenvalue weighted by Crippen LogP contribution is -2.00. The van der Waals surface area contributed by atoms with E-state index in [-0.39, 0.29) is 6.42 Å².